The summed E-state index contributed by atoms with van der Waals surface area (Å²) in [6, 6.07) is -0.908. The molecule has 9 nitrogen and oxygen atoms in total. The highest BCUT2D eigenvalue weighted by Gasteiger charge is 2.27. The fraction of sp³-hybridized carbons (Fsp3) is 0.794. The molecule has 0 aliphatic carbocycles. The van der Waals surface area contributed by atoms with Gasteiger partial charge in [-0.3, -0.25) is 14.2 Å². The second kappa shape index (κ2) is 57.7. The average Bonchev–Trinajstić information content (AvgIpc) is 3.40. The van der Waals surface area contributed by atoms with Crippen LogP contribution in [0.25, 0.3) is 0 Å². The SMILES string of the molecule is CCCCC/C=C\C/C=C\C/C=C\C/C=C\CCCCCC(=O)NC(COP(=O)([O-])OCC[N+](C)(C)C)C(/C=C/CCCCCCCCCCCC)OC(=O)CCCCCCCCCCCCC/C=C/CCCCCCCC. The molecule has 1 N–H and O–H groups in total. The summed E-state index contributed by atoms with van der Waals surface area (Å²) in [4.78, 5) is 40.0. The molecule has 0 spiro atoms. The Hall–Kier alpha value is -2.55. The largest absolute Gasteiger partial charge is 0.756 e. The topological polar surface area (TPSA) is 114 Å². The Morgan fingerprint density at radius 3 is 1.22 bits per heavy atom. The Labute approximate surface area is 483 Å². The van der Waals surface area contributed by atoms with E-state index >= 15 is 0 Å². The molecule has 0 saturated carbocycles. The van der Waals surface area contributed by atoms with Crippen LogP contribution in [0.5, 0.6) is 0 Å². The maximum absolute atomic E-state index is 13.5. The van der Waals surface area contributed by atoms with Crippen LogP contribution in [0.2, 0.25) is 0 Å². The number of nitrogens with zero attached hydrogens (tertiary/aromatic N) is 1. The number of rotatable bonds is 59. The quantitative estimate of drug-likeness (QED) is 0.0212. The first-order chi connectivity index (χ1) is 37.9. The highest BCUT2D eigenvalue weighted by atomic mass is 31.2. The maximum atomic E-state index is 13.5. The van der Waals surface area contributed by atoms with E-state index in [1.165, 1.54) is 180 Å². The summed E-state index contributed by atoms with van der Waals surface area (Å²) in [6.45, 7) is 6.80. The molecule has 0 aliphatic heterocycles. The van der Waals surface area contributed by atoms with Gasteiger partial charge in [0.15, 0.2) is 0 Å². The zero-order valence-electron chi connectivity index (χ0n) is 51.9. The van der Waals surface area contributed by atoms with Gasteiger partial charge < -0.3 is 28.5 Å². The zero-order chi connectivity index (χ0) is 57.2. The van der Waals surface area contributed by atoms with E-state index in [9.17, 15) is 19.0 Å². The van der Waals surface area contributed by atoms with Gasteiger partial charge >= 0.3 is 5.97 Å². The van der Waals surface area contributed by atoms with Crippen LogP contribution >= 0.6 is 7.82 Å². The van der Waals surface area contributed by atoms with Crippen LogP contribution in [0.15, 0.2) is 72.9 Å². The fourth-order valence-electron chi connectivity index (χ4n) is 9.27. The van der Waals surface area contributed by atoms with Gasteiger partial charge in [-0.15, -0.1) is 0 Å². The number of amides is 1. The van der Waals surface area contributed by atoms with E-state index in [-0.39, 0.29) is 31.3 Å². The molecular weight excluding hydrogens is 988 g/mol. The molecule has 0 radical (unpaired) electrons. The third kappa shape index (κ3) is 58.1. The number of esters is 1. The number of unbranched alkanes of at least 4 members (excludes halogenated alkanes) is 33. The monoisotopic (exact) mass is 1110 g/mol. The van der Waals surface area contributed by atoms with Crippen molar-refractivity contribution in [2.24, 2.45) is 0 Å². The number of phosphoric acid groups is 1. The molecule has 3 unspecified atom stereocenters. The molecule has 0 bridgehead atoms. The molecule has 0 rings (SSSR count). The van der Waals surface area contributed by atoms with Gasteiger partial charge in [0.2, 0.25) is 5.91 Å². The fourth-order valence-corrected chi connectivity index (χ4v) is 9.99. The minimum atomic E-state index is -4.71. The van der Waals surface area contributed by atoms with Crippen LogP contribution in [-0.2, 0) is 27.9 Å². The molecule has 0 aromatic carbocycles. The van der Waals surface area contributed by atoms with E-state index in [1.807, 2.05) is 33.3 Å². The number of likely N-dealkylation sites (N-methyl/N-ethyl adjacent to an activating group) is 1. The standard InChI is InChI=1S/C68H125N2O7P/c1-7-10-13-16-19-22-25-28-30-32-34-35-37-39-41-43-46-49-52-55-58-61-68(72)77-66(59-56-53-50-47-44-27-24-21-18-15-12-9-3)65(64-76-78(73,74)75-63-62-70(4,5)6)69-67(71)60-57-54-51-48-45-42-40-38-36-33-31-29-26-23-20-17-14-11-8-2/h20,23,28-31,36,38,42,45,56,59,65-66H,7-19,21-22,24-27,32-35,37,39-41,43-44,46-55,57-58,60-64H2,1-6H3,(H-,69,71,73,74)/b23-20-,30-28+,31-29-,38-36-,45-42-,59-56+. The number of hydrogen-bond donors (Lipinski definition) is 1. The first-order valence-electron chi connectivity index (χ1n) is 32.7. The van der Waals surface area contributed by atoms with Crippen molar-refractivity contribution >= 4 is 19.7 Å². The van der Waals surface area contributed by atoms with E-state index in [4.69, 9.17) is 13.8 Å². The van der Waals surface area contributed by atoms with Crippen molar-refractivity contribution in [3.63, 3.8) is 0 Å². The Balaban J connectivity index is 5.24. The molecule has 3 atom stereocenters. The van der Waals surface area contributed by atoms with Crippen molar-refractivity contribution in [1.29, 1.82) is 0 Å². The Morgan fingerprint density at radius 2 is 0.782 bits per heavy atom. The predicted molar refractivity (Wildman–Crippen MR) is 335 cm³/mol. The van der Waals surface area contributed by atoms with Gasteiger partial charge in [0.25, 0.3) is 7.82 Å². The summed E-state index contributed by atoms with van der Waals surface area (Å²) < 4.78 is 30.3. The molecule has 1 amide bonds. The number of allylic oxidation sites excluding steroid dienone is 11. The van der Waals surface area contributed by atoms with Crippen molar-refractivity contribution in [2.75, 3.05) is 40.9 Å². The summed E-state index contributed by atoms with van der Waals surface area (Å²) >= 11 is 0. The molecule has 0 aromatic heterocycles. The first kappa shape index (κ1) is 75.5. The molecule has 78 heavy (non-hydrogen) atoms. The van der Waals surface area contributed by atoms with Gasteiger partial charge in [-0.2, -0.15) is 0 Å². The van der Waals surface area contributed by atoms with E-state index < -0.39 is 26.6 Å². The minimum Gasteiger partial charge on any atom is -0.756 e. The van der Waals surface area contributed by atoms with E-state index in [0.717, 1.165) is 77.0 Å². The highest BCUT2D eigenvalue weighted by molar-refractivity contribution is 7.45. The maximum Gasteiger partial charge on any atom is 0.306 e. The summed E-state index contributed by atoms with van der Waals surface area (Å²) in [5, 5.41) is 3.02. The molecule has 0 saturated heterocycles. The lowest BCUT2D eigenvalue weighted by Gasteiger charge is -2.30. The Bertz CT molecular complexity index is 1570. The van der Waals surface area contributed by atoms with Gasteiger partial charge in [-0.05, 0) is 102 Å². The molecule has 10 heteroatoms. The highest BCUT2D eigenvalue weighted by Crippen LogP contribution is 2.38. The first-order valence-corrected chi connectivity index (χ1v) is 34.2. The zero-order valence-corrected chi connectivity index (χ0v) is 52.8. The Morgan fingerprint density at radius 1 is 0.449 bits per heavy atom. The Kier molecular flexibility index (Phi) is 55.8. The van der Waals surface area contributed by atoms with Crippen LogP contribution in [-0.4, -0.2) is 69.4 Å². The van der Waals surface area contributed by atoms with Gasteiger partial charge in [0.1, 0.15) is 19.3 Å². The van der Waals surface area contributed by atoms with E-state index in [2.05, 4.69) is 86.8 Å². The van der Waals surface area contributed by atoms with Crippen LogP contribution in [0.4, 0.5) is 0 Å². The number of carbonyl (C=O) groups excluding carboxylic acids is 2. The number of carbonyl (C=O) groups is 2. The molecule has 0 aliphatic rings. The lowest BCUT2D eigenvalue weighted by Crippen LogP contribution is -2.47. The molecular formula is C68H125N2O7P. The number of ether oxygens (including phenoxy) is 1. The van der Waals surface area contributed by atoms with Crippen LogP contribution < -0.4 is 10.2 Å². The van der Waals surface area contributed by atoms with E-state index in [1.54, 1.807) is 0 Å². The van der Waals surface area contributed by atoms with Crippen molar-refractivity contribution in [3.8, 4) is 0 Å². The molecule has 0 aromatic rings. The summed E-state index contributed by atoms with van der Waals surface area (Å²) in [5.74, 6) is -0.573. The smallest absolute Gasteiger partial charge is 0.306 e. The predicted octanol–water partition coefficient (Wildman–Crippen LogP) is 19.8. The summed E-state index contributed by atoms with van der Waals surface area (Å²) in [7, 11) is 1.16. The summed E-state index contributed by atoms with van der Waals surface area (Å²) in [6.07, 6.45) is 74.4. The number of quaternary nitrogens is 1. The van der Waals surface area contributed by atoms with Crippen molar-refractivity contribution in [3.05, 3.63) is 72.9 Å². The second-order valence-corrected chi connectivity index (χ2v) is 24.7. The second-order valence-electron chi connectivity index (χ2n) is 23.3. The van der Waals surface area contributed by atoms with Crippen LogP contribution in [0.3, 0.4) is 0 Å². The number of hydrogen-bond acceptors (Lipinski definition) is 7. The molecule has 0 heterocycles. The van der Waals surface area contributed by atoms with Crippen LogP contribution in [0, 0.1) is 0 Å². The normalized spacial score (nSPS) is 14.1. The van der Waals surface area contributed by atoms with Crippen molar-refractivity contribution < 1.29 is 37.3 Å². The molecule has 454 valence electrons. The lowest BCUT2D eigenvalue weighted by atomic mass is 10.0. The van der Waals surface area contributed by atoms with Crippen molar-refractivity contribution in [2.45, 2.75) is 309 Å². The van der Waals surface area contributed by atoms with Gasteiger partial charge in [0, 0.05) is 12.8 Å². The van der Waals surface area contributed by atoms with Crippen LogP contribution in [0.1, 0.15) is 297 Å². The van der Waals surface area contributed by atoms with Gasteiger partial charge in [-0.25, -0.2) is 0 Å². The minimum absolute atomic E-state index is 0.0305. The average molecular weight is 1110 g/mol. The van der Waals surface area contributed by atoms with Gasteiger partial charge in [-0.1, -0.05) is 255 Å². The third-order valence-corrected chi connectivity index (χ3v) is 15.3. The number of phosphoric ester groups is 1. The van der Waals surface area contributed by atoms with Gasteiger partial charge in [0.05, 0.1) is 33.8 Å². The van der Waals surface area contributed by atoms with E-state index in [0.29, 0.717) is 17.4 Å². The lowest BCUT2D eigenvalue weighted by molar-refractivity contribution is -0.870. The third-order valence-electron chi connectivity index (χ3n) is 14.4. The molecule has 0 fully saturated rings. The van der Waals surface area contributed by atoms with Crippen molar-refractivity contribution in [1.82, 2.24) is 5.32 Å². The number of nitrogens with one attached hydrogen (secondary N) is 1. The summed E-state index contributed by atoms with van der Waals surface area (Å²) in [5.41, 5.74) is 0.